The van der Waals surface area contributed by atoms with Gasteiger partial charge in [0.15, 0.2) is 11.6 Å². The minimum Gasteiger partial charge on any atom is -0.294 e. The fourth-order valence-corrected chi connectivity index (χ4v) is 1.63. The number of Topliss-reactive ketones (excluding diaryl/α,β-unsaturated/α-hetero) is 1. The van der Waals surface area contributed by atoms with Gasteiger partial charge in [-0.2, -0.15) is 13.2 Å². The van der Waals surface area contributed by atoms with Crippen molar-refractivity contribution in [1.82, 2.24) is 9.97 Å². The number of benzene rings is 1. The van der Waals surface area contributed by atoms with E-state index in [4.69, 9.17) is 0 Å². The Morgan fingerprint density at radius 1 is 1.16 bits per heavy atom. The van der Waals surface area contributed by atoms with Gasteiger partial charge in [0.2, 0.25) is 0 Å². The van der Waals surface area contributed by atoms with Crippen LogP contribution in [0.15, 0.2) is 36.5 Å². The number of hydrogen-bond donors (Lipinski definition) is 0. The molecule has 1 aromatic carbocycles. The molecule has 2 aromatic rings. The molecule has 2 rings (SSSR count). The smallest absolute Gasteiger partial charge is 0.294 e. The maximum atomic E-state index is 12.6. The molecule has 3 nitrogen and oxygen atoms in total. The van der Waals surface area contributed by atoms with Crippen molar-refractivity contribution in [2.75, 3.05) is 0 Å². The van der Waals surface area contributed by atoms with E-state index in [1.54, 1.807) is 12.1 Å². The average molecular weight is 266 g/mol. The number of aromatic nitrogens is 2. The largest absolute Gasteiger partial charge is 0.433 e. The number of rotatable bonds is 2. The van der Waals surface area contributed by atoms with E-state index < -0.39 is 11.9 Å². The summed E-state index contributed by atoms with van der Waals surface area (Å²) in [7, 11) is 0. The molecular weight excluding hydrogens is 257 g/mol. The number of halogens is 3. The lowest BCUT2D eigenvalue weighted by Crippen LogP contribution is -2.09. The third-order valence-electron chi connectivity index (χ3n) is 2.49. The Bertz CT molecular complexity index is 623. The number of alkyl halides is 3. The molecule has 0 radical (unpaired) electrons. The molecule has 0 fully saturated rings. The van der Waals surface area contributed by atoms with Crippen LogP contribution in [0.3, 0.4) is 0 Å². The molecule has 0 bridgehead atoms. The molecular formula is C13H9F3N2O. The first-order chi connectivity index (χ1) is 8.89. The Kier molecular flexibility index (Phi) is 3.33. The summed E-state index contributed by atoms with van der Waals surface area (Å²) in [5, 5.41) is 0. The Balaban J connectivity index is 2.57. The van der Waals surface area contributed by atoms with E-state index in [-0.39, 0.29) is 11.6 Å². The van der Waals surface area contributed by atoms with Crippen LogP contribution in [0.5, 0.6) is 0 Å². The Hall–Kier alpha value is -2.24. The van der Waals surface area contributed by atoms with Crippen LogP contribution in [0.4, 0.5) is 13.2 Å². The molecule has 0 aliphatic carbocycles. The van der Waals surface area contributed by atoms with Crippen molar-refractivity contribution in [3.8, 4) is 11.4 Å². The maximum absolute atomic E-state index is 12.6. The van der Waals surface area contributed by atoms with E-state index in [0.717, 1.165) is 12.3 Å². The molecule has 1 aromatic heterocycles. The number of nitrogens with zero attached hydrogens (tertiary/aromatic N) is 2. The monoisotopic (exact) mass is 266 g/mol. The lowest BCUT2D eigenvalue weighted by Gasteiger charge is -2.09. The van der Waals surface area contributed by atoms with E-state index in [0.29, 0.717) is 11.1 Å². The molecule has 0 spiro atoms. The average Bonchev–Trinajstić information content (AvgIpc) is 2.38. The molecule has 0 unspecified atom stereocenters. The quantitative estimate of drug-likeness (QED) is 0.783. The first-order valence-electron chi connectivity index (χ1n) is 5.40. The van der Waals surface area contributed by atoms with Crippen LogP contribution in [0, 0.1) is 0 Å². The van der Waals surface area contributed by atoms with Crippen LogP contribution in [0.2, 0.25) is 0 Å². The molecule has 0 saturated carbocycles. The highest BCUT2D eigenvalue weighted by molar-refractivity contribution is 5.99. The highest BCUT2D eigenvalue weighted by atomic mass is 19.4. The summed E-state index contributed by atoms with van der Waals surface area (Å²) in [6, 6.07) is 7.09. The number of hydrogen-bond acceptors (Lipinski definition) is 3. The van der Waals surface area contributed by atoms with Crippen LogP contribution in [-0.4, -0.2) is 15.8 Å². The van der Waals surface area contributed by atoms with Gasteiger partial charge < -0.3 is 0 Å². The lowest BCUT2D eigenvalue weighted by molar-refractivity contribution is -0.141. The summed E-state index contributed by atoms with van der Waals surface area (Å²) >= 11 is 0. The second-order valence-corrected chi connectivity index (χ2v) is 3.87. The highest BCUT2D eigenvalue weighted by Gasteiger charge is 2.33. The van der Waals surface area contributed by atoms with E-state index in [2.05, 4.69) is 9.97 Å². The second kappa shape index (κ2) is 4.79. The lowest BCUT2D eigenvalue weighted by atomic mass is 10.0. The topological polar surface area (TPSA) is 42.9 Å². The molecule has 0 amide bonds. The zero-order valence-corrected chi connectivity index (χ0v) is 9.90. The van der Waals surface area contributed by atoms with Crippen molar-refractivity contribution in [3.63, 3.8) is 0 Å². The Morgan fingerprint density at radius 2 is 1.84 bits per heavy atom. The van der Waals surface area contributed by atoms with Gasteiger partial charge in [0.1, 0.15) is 5.69 Å². The van der Waals surface area contributed by atoms with Crippen molar-refractivity contribution in [2.24, 2.45) is 0 Å². The predicted molar refractivity (Wildman–Crippen MR) is 62.5 cm³/mol. The van der Waals surface area contributed by atoms with Crippen LogP contribution >= 0.6 is 0 Å². The summed E-state index contributed by atoms with van der Waals surface area (Å²) in [5.41, 5.74) is -0.446. The van der Waals surface area contributed by atoms with E-state index >= 15 is 0 Å². The van der Waals surface area contributed by atoms with Crippen LogP contribution in [0.1, 0.15) is 23.0 Å². The third-order valence-corrected chi connectivity index (χ3v) is 2.49. The van der Waals surface area contributed by atoms with Crippen LogP contribution < -0.4 is 0 Å². The molecule has 0 saturated heterocycles. The molecule has 6 heteroatoms. The molecule has 0 atom stereocenters. The van der Waals surface area contributed by atoms with Gasteiger partial charge in [0.05, 0.1) is 0 Å². The Labute approximate surface area is 107 Å². The Morgan fingerprint density at radius 3 is 2.47 bits per heavy atom. The summed E-state index contributed by atoms with van der Waals surface area (Å²) in [5.74, 6) is -0.364. The fraction of sp³-hybridized carbons (Fsp3) is 0.154. The van der Waals surface area contributed by atoms with Crippen molar-refractivity contribution >= 4 is 5.78 Å². The van der Waals surface area contributed by atoms with E-state index in [9.17, 15) is 18.0 Å². The van der Waals surface area contributed by atoms with Gasteiger partial charge in [-0.15, -0.1) is 0 Å². The minimum atomic E-state index is -4.54. The van der Waals surface area contributed by atoms with Crippen molar-refractivity contribution in [2.45, 2.75) is 13.1 Å². The van der Waals surface area contributed by atoms with Crippen LogP contribution in [-0.2, 0) is 6.18 Å². The summed E-state index contributed by atoms with van der Waals surface area (Å²) < 4.78 is 37.8. The molecule has 0 aliphatic heterocycles. The summed E-state index contributed by atoms with van der Waals surface area (Å²) in [6.45, 7) is 1.34. The summed E-state index contributed by atoms with van der Waals surface area (Å²) in [6.07, 6.45) is -3.51. The summed E-state index contributed by atoms with van der Waals surface area (Å²) in [4.78, 5) is 18.7. The van der Waals surface area contributed by atoms with Crippen molar-refractivity contribution in [3.05, 3.63) is 47.8 Å². The third kappa shape index (κ3) is 2.78. The van der Waals surface area contributed by atoms with E-state index in [1.807, 2.05) is 0 Å². The molecule has 19 heavy (non-hydrogen) atoms. The zero-order valence-electron chi connectivity index (χ0n) is 9.90. The van der Waals surface area contributed by atoms with Crippen molar-refractivity contribution in [1.29, 1.82) is 0 Å². The highest BCUT2D eigenvalue weighted by Crippen LogP contribution is 2.29. The SMILES string of the molecule is CC(=O)c1ccccc1-c1nccc(C(F)(F)F)n1. The van der Waals surface area contributed by atoms with Gasteiger partial charge in [-0.1, -0.05) is 24.3 Å². The zero-order chi connectivity index (χ0) is 14.0. The first kappa shape index (κ1) is 13.2. The molecule has 1 heterocycles. The van der Waals surface area contributed by atoms with Crippen molar-refractivity contribution < 1.29 is 18.0 Å². The van der Waals surface area contributed by atoms with Gasteiger partial charge in [0, 0.05) is 17.3 Å². The van der Waals surface area contributed by atoms with Gasteiger partial charge in [-0.25, -0.2) is 9.97 Å². The molecule has 0 aliphatic rings. The van der Waals surface area contributed by atoms with Gasteiger partial charge in [-0.3, -0.25) is 4.79 Å². The fourth-order valence-electron chi connectivity index (χ4n) is 1.63. The number of carbonyl (C=O) groups excluding carboxylic acids is 1. The van der Waals surface area contributed by atoms with Crippen LogP contribution in [0.25, 0.3) is 11.4 Å². The second-order valence-electron chi connectivity index (χ2n) is 3.87. The van der Waals surface area contributed by atoms with E-state index in [1.165, 1.54) is 19.1 Å². The minimum absolute atomic E-state index is 0.111. The normalized spacial score (nSPS) is 11.4. The molecule has 0 N–H and O–H groups in total. The van der Waals surface area contributed by atoms with Gasteiger partial charge in [0.25, 0.3) is 0 Å². The molecule has 98 valence electrons. The standard InChI is InChI=1S/C13H9F3N2O/c1-8(19)9-4-2-3-5-10(9)12-17-7-6-11(18-12)13(14,15)16/h2-7H,1H3. The van der Waals surface area contributed by atoms with Gasteiger partial charge in [-0.05, 0) is 13.0 Å². The number of carbonyl (C=O) groups is 1. The first-order valence-corrected chi connectivity index (χ1v) is 5.40. The van der Waals surface area contributed by atoms with Gasteiger partial charge >= 0.3 is 6.18 Å². The maximum Gasteiger partial charge on any atom is 0.433 e. The number of ketones is 1. The predicted octanol–water partition coefficient (Wildman–Crippen LogP) is 3.37.